The van der Waals surface area contributed by atoms with Crippen LogP contribution in [0.15, 0.2) is 53.4 Å². The summed E-state index contributed by atoms with van der Waals surface area (Å²) in [5.74, 6) is 0.851. The molecule has 0 aromatic heterocycles. The van der Waals surface area contributed by atoms with Crippen LogP contribution in [0.2, 0.25) is 0 Å². The number of ether oxygens (including phenoxy) is 1. The van der Waals surface area contributed by atoms with Gasteiger partial charge in [-0.1, -0.05) is 43.7 Å². The summed E-state index contributed by atoms with van der Waals surface area (Å²) in [7, 11) is 1.62. The van der Waals surface area contributed by atoms with Gasteiger partial charge in [-0.3, -0.25) is 9.59 Å². The Kier molecular flexibility index (Phi) is 9.92. The first-order chi connectivity index (χ1) is 14.9. The van der Waals surface area contributed by atoms with E-state index in [9.17, 15) is 9.59 Å². The van der Waals surface area contributed by atoms with E-state index in [0.717, 1.165) is 22.6 Å². The number of methoxy groups -OCH3 is 1. The maximum atomic E-state index is 13.3. The first-order valence-corrected chi connectivity index (χ1v) is 11.8. The molecule has 0 saturated carbocycles. The fraction of sp³-hybridized carbons (Fsp3) is 0.440. The number of rotatable bonds is 11. The van der Waals surface area contributed by atoms with Crippen molar-refractivity contribution in [1.29, 1.82) is 0 Å². The Balaban J connectivity index is 2.22. The van der Waals surface area contributed by atoms with Gasteiger partial charge in [-0.05, 0) is 56.5 Å². The zero-order valence-corrected chi connectivity index (χ0v) is 20.0. The van der Waals surface area contributed by atoms with E-state index in [1.165, 1.54) is 17.3 Å². The summed E-state index contributed by atoms with van der Waals surface area (Å²) in [6.07, 6.45) is 1.39. The van der Waals surface area contributed by atoms with Gasteiger partial charge in [-0.15, -0.1) is 11.8 Å². The summed E-state index contributed by atoms with van der Waals surface area (Å²) in [6.45, 7) is 8.35. The summed E-state index contributed by atoms with van der Waals surface area (Å²) in [5.41, 5.74) is 2.12. The van der Waals surface area contributed by atoms with Gasteiger partial charge in [0.2, 0.25) is 11.8 Å². The van der Waals surface area contributed by atoms with E-state index < -0.39 is 6.04 Å². The molecule has 2 rings (SSSR count). The maximum Gasteiger partial charge on any atom is 0.243 e. The molecule has 2 amide bonds. The lowest BCUT2D eigenvalue weighted by Crippen LogP contribution is -2.51. The number of carbonyl (C=O) groups excluding carboxylic acids is 2. The third kappa shape index (κ3) is 7.62. The summed E-state index contributed by atoms with van der Waals surface area (Å²) < 4.78 is 5.33. The van der Waals surface area contributed by atoms with E-state index in [1.807, 2.05) is 76.2 Å². The Bertz CT molecular complexity index is 854. The molecule has 0 bridgehead atoms. The van der Waals surface area contributed by atoms with Crippen LogP contribution in [-0.4, -0.2) is 41.7 Å². The molecule has 0 saturated heterocycles. The van der Waals surface area contributed by atoms with Gasteiger partial charge >= 0.3 is 0 Å². The van der Waals surface area contributed by atoms with E-state index in [0.29, 0.717) is 13.0 Å². The van der Waals surface area contributed by atoms with E-state index in [4.69, 9.17) is 4.74 Å². The average Bonchev–Trinajstić information content (AvgIpc) is 2.78. The van der Waals surface area contributed by atoms with Crippen molar-refractivity contribution in [2.75, 3.05) is 12.9 Å². The van der Waals surface area contributed by atoms with Crippen molar-refractivity contribution in [3.8, 4) is 5.75 Å². The van der Waals surface area contributed by atoms with Gasteiger partial charge in [0.15, 0.2) is 0 Å². The van der Waals surface area contributed by atoms with E-state index in [2.05, 4.69) is 5.32 Å². The van der Waals surface area contributed by atoms with Crippen LogP contribution in [0.1, 0.15) is 44.7 Å². The van der Waals surface area contributed by atoms with E-state index >= 15 is 0 Å². The molecule has 0 aliphatic rings. The number of carbonyl (C=O) groups is 2. The highest BCUT2D eigenvalue weighted by atomic mass is 32.2. The molecule has 0 aliphatic heterocycles. The van der Waals surface area contributed by atoms with Crippen molar-refractivity contribution in [3.63, 3.8) is 0 Å². The summed E-state index contributed by atoms with van der Waals surface area (Å²) in [4.78, 5) is 29.0. The van der Waals surface area contributed by atoms with Crippen molar-refractivity contribution in [2.24, 2.45) is 0 Å². The number of hydrogen-bond acceptors (Lipinski definition) is 4. The predicted molar refractivity (Wildman–Crippen MR) is 127 cm³/mol. The SMILES string of the molecule is CC[C@H](C(=O)N[C@@H](C)CC)N(Cc1cccc(OC)c1)C(=O)CSc1ccc(C)cc1. The molecule has 2 aromatic carbocycles. The Labute approximate surface area is 190 Å². The topological polar surface area (TPSA) is 58.6 Å². The summed E-state index contributed by atoms with van der Waals surface area (Å²) in [5, 5.41) is 3.04. The second kappa shape index (κ2) is 12.4. The highest BCUT2D eigenvalue weighted by Crippen LogP contribution is 2.22. The van der Waals surface area contributed by atoms with Gasteiger partial charge in [0, 0.05) is 17.5 Å². The Morgan fingerprint density at radius 1 is 1.10 bits per heavy atom. The molecule has 0 unspecified atom stereocenters. The van der Waals surface area contributed by atoms with E-state index in [1.54, 1.807) is 12.0 Å². The molecule has 0 fully saturated rings. The van der Waals surface area contributed by atoms with Crippen LogP contribution in [0.4, 0.5) is 0 Å². The fourth-order valence-electron chi connectivity index (χ4n) is 3.19. The van der Waals surface area contributed by atoms with Gasteiger partial charge in [0.25, 0.3) is 0 Å². The second-order valence-corrected chi connectivity index (χ2v) is 8.77. The smallest absolute Gasteiger partial charge is 0.243 e. The highest BCUT2D eigenvalue weighted by Gasteiger charge is 2.29. The molecule has 0 radical (unpaired) electrons. The fourth-order valence-corrected chi connectivity index (χ4v) is 3.98. The Hall–Kier alpha value is -2.47. The second-order valence-electron chi connectivity index (χ2n) is 7.72. The lowest BCUT2D eigenvalue weighted by atomic mass is 10.1. The minimum atomic E-state index is -0.522. The molecule has 1 N–H and O–H groups in total. The lowest BCUT2D eigenvalue weighted by molar-refractivity contribution is -0.139. The molecule has 2 atom stereocenters. The number of nitrogens with zero attached hydrogens (tertiary/aromatic N) is 1. The first-order valence-electron chi connectivity index (χ1n) is 10.8. The zero-order valence-electron chi connectivity index (χ0n) is 19.2. The van der Waals surface area contributed by atoms with Gasteiger partial charge < -0.3 is 15.0 Å². The average molecular weight is 443 g/mol. The molecule has 5 nitrogen and oxygen atoms in total. The standard InChI is InChI=1S/C25H34N2O3S/c1-6-19(4)26-25(29)23(7-2)27(16-20-9-8-10-21(15-20)30-5)24(28)17-31-22-13-11-18(3)12-14-22/h8-15,19,23H,6-7,16-17H2,1-5H3,(H,26,29)/t19-,23+/m0/s1. The number of thioether (sulfide) groups is 1. The molecule has 31 heavy (non-hydrogen) atoms. The van der Waals surface area contributed by atoms with Crippen LogP contribution >= 0.6 is 11.8 Å². The number of nitrogens with one attached hydrogen (secondary N) is 1. The van der Waals surface area contributed by atoms with Crippen LogP contribution in [-0.2, 0) is 16.1 Å². The Morgan fingerprint density at radius 2 is 1.81 bits per heavy atom. The molecular formula is C25H34N2O3S. The molecule has 0 spiro atoms. The van der Waals surface area contributed by atoms with Crippen molar-refractivity contribution >= 4 is 23.6 Å². The molecule has 2 aromatic rings. The van der Waals surface area contributed by atoms with Crippen LogP contribution in [0, 0.1) is 6.92 Å². The van der Waals surface area contributed by atoms with Crippen LogP contribution < -0.4 is 10.1 Å². The van der Waals surface area contributed by atoms with Crippen molar-refractivity contribution in [1.82, 2.24) is 10.2 Å². The van der Waals surface area contributed by atoms with Crippen molar-refractivity contribution < 1.29 is 14.3 Å². The summed E-state index contributed by atoms with van der Waals surface area (Å²) >= 11 is 1.49. The minimum Gasteiger partial charge on any atom is -0.497 e. The molecular weight excluding hydrogens is 408 g/mol. The third-order valence-corrected chi connectivity index (χ3v) is 6.25. The van der Waals surface area contributed by atoms with Crippen molar-refractivity contribution in [3.05, 3.63) is 59.7 Å². The third-order valence-electron chi connectivity index (χ3n) is 5.26. The lowest BCUT2D eigenvalue weighted by Gasteiger charge is -2.31. The predicted octanol–water partition coefficient (Wildman–Crippen LogP) is 4.82. The molecule has 0 heterocycles. The Morgan fingerprint density at radius 3 is 2.42 bits per heavy atom. The summed E-state index contributed by atoms with van der Waals surface area (Å²) in [6, 6.07) is 15.3. The number of aryl methyl sites for hydroxylation is 1. The zero-order chi connectivity index (χ0) is 22.8. The van der Waals surface area contributed by atoms with Gasteiger partial charge in [0.1, 0.15) is 11.8 Å². The first kappa shape index (κ1) is 24.8. The quantitative estimate of drug-likeness (QED) is 0.507. The molecule has 0 aliphatic carbocycles. The number of benzene rings is 2. The monoisotopic (exact) mass is 442 g/mol. The maximum absolute atomic E-state index is 13.3. The van der Waals surface area contributed by atoms with Crippen LogP contribution in [0.25, 0.3) is 0 Å². The minimum absolute atomic E-state index is 0.0560. The van der Waals surface area contributed by atoms with Gasteiger partial charge in [0.05, 0.1) is 12.9 Å². The normalized spacial score (nSPS) is 12.7. The largest absolute Gasteiger partial charge is 0.497 e. The van der Waals surface area contributed by atoms with Gasteiger partial charge in [-0.2, -0.15) is 0 Å². The number of hydrogen-bond donors (Lipinski definition) is 1. The van der Waals surface area contributed by atoms with E-state index in [-0.39, 0.29) is 23.6 Å². The van der Waals surface area contributed by atoms with Crippen LogP contribution in [0.3, 0.4) is 0 Å². The molecule has 6 heteroatoms. The molecule has 168 valence electrons. The van der Waals surface area contributed by atoms with Gasteiger partial charge in [-0.25, -0.2) is 0 Å². The highest BCUT2D eigenvalue weighted by molar-refractivity contribution is 8.00. The number of amides is 2. The van der Waals surface area contributed by atoms with Crippen LogP contribution in [0.5, 0.6) is 5.75 Å². The van der Waals surface area contributed by atoms with Crippen molar-refractivity contribution in [2.45, 2.75) is 64.1 Å².